The number of rotatable bonds is 7. The molecular formula is C20H28N4O3. The standard InChI is InChI=1S/C20H28N4O3/c1-23(2)11-12-24-9-7-16(8-10-24)14-19-21-20(27-22-19)6-4-15-3-5-17(25)18(26)13-15/h3-6,13,16,25-26H,7-12,14H2,1-2H3/b6-4+. The Bertz CT molecular complexity index is 764. The number of aromatic hydroxyl groups is 2. The van der Waals surface area contributed by atoms with Crippen molar-refractivity contribution < 1.29 is 14.7 Å². The van der Waals surface area contributed by atoms with Crippen LogP contribution >= 0.6 is 0 Å². The number of likely N-dealkylation sites (tertiary alicyclic amines) is 1. The third-order valence-electron chi connectivity index (χ3n) is 4.94. The molecule has 0 unspecified atom stereocenters. The quantitative estimate of drug-likeness (QED) is 0.722. The molecule has 0 saturated carbocycles. The molecular weight excluding hydrogens is 344 g/mol. The Labute approximate surface area is 159 Å². The molecule has 0 aliphatic carbocycles. The zero-order valence-electron chi connectivity index (χ0n) is 16.0. The van der Waals surface area contributed by atoms with Crippen LogP contribution in [-0.4, -0.2) is 70.4 Å². The summed E-state index contributed by atoms with van der Waals surface area (Å²) in [5.41, 5.74) is 0.746. The SMILES string of the molecule is CN(C)CCN1CCC(Cc2noc(/C=C/c3ccc(O)c(O)c3)n2)CC1. The van der Waals surface area contributed by atoms with E-state index in [1.165, 1.54) is 25.0 Å². The van der Waals surface area contributed by atoms with Crippen LogP contribution in [0.2, 0.25) is 0 Å². The zero-order chi connectivity index (χ0) is 19.2. The summed E-state index contributed by atoms with van der Waals surface area (Å²) in [4.78, 5) is 9.19. The number of aromatic nitrogens is 2. The molecule has 2 N–H and O–H groups in total. The van der Waals surface area contributed by atoms with Gasteiger partial charge in [0.25, 0.3) is 5.89 Å². The maximum atomic E-state index is 9.52. The van der Waals surface area contributed by atoms with Gasteiger partial charge in [0, 0.05) is 25.6 Å². The number of benzene rings is 1. The minimum atomic E-state index is -0.153. The molecule has 0 spiro atoms. The fraction of sp³-hybridized carbons (Fsp3) is 0.500. The van der Waals surface area contributed by atoms with Gasteiger partial charge in [-0.25, -0.2) is 0 Å². The predicted octanol–water partition coefficient (Wildman–Crippen LogP) is 2.47. The molecule has 1 fully saturated rings. The van der Waals surface area contributed by atoms with E-state index in [0.717, 1.165) is 44.0 Å². The van der Waals surface area contributed by atoms with Crippen LogP contribution in [-0.2, 0) is 6.42 Å². The largest absolute Gasteiger partial charge is 0.504 e. The second-order valence-corrected chi connectivity index (χ2v) is 7.42. The summed E-state index contributed by atoms with van der Waals surface area (Å²) < 4.78 is 5.29. The van der Waals surface area contributed by atoms with E-state index in [1.54, 1.807) is 18.2 Å². The van der Waals surface area contributed by atoms with Gasteiger partial charge in [-0.1, -0.05) is 11.2 Å². The van der Waals surface area contributed by atoms with E-state index >= 15 is 0 Å². The van der Waals surface area contributed by atoms with Crippen LogP contribution in [0.25, 0.3) is 12.2 Å². The summed E-state index contributed by atoms with van der Waals surface area (Å²) in [5, 5.41) is 22.9. The smallest absolute Gasteiger partial charge is 0.250 e. The van der Waals surface area contributed by atoms with Gasteiger partial charge in [0.2, 0.25) is 0 Å². The lowest BCUT2D eigenvalue weighted by atomic mass is 9.93. The van der Waals surface area contributed by atoms with Crippen LogP contribution in [0, 0.1) is 5.92 Å². The van der Waals surface area contributed by atoms with Crippen molar-refractivity contribution in [2.45, 2.75) is 19.3 Å². The van der Waals surface area contributed by atoms with E-state index in [0.29, 0.717) is 11.8 Å². The third-order valence-corrected chi connectivity index (χ3v) is 4.94. The van der Waals surface area contributed by atoms with Gasteiger partial charge >= 0.3 is 0 Å². The highest BCUT2D eigenvalue weighted by Gasteiger charge is 2.21. The van der Waals surface area contributed by atoms with Crippen LogP contribution in [0.15, 0.2) is 22.7 Å². The van der Waals surface area contributed by atoms with Gasteiger partial charge in [-0.3, -0.25) is 0 Å². The van der Waals surface area contributed by atoms with Gasteiger partial charge in [0.05, 0.1) is 0 Å². The van der Waals surface area contributed by atoms with Gasteiger partial charge in [0.15, 0.2) is 17.3 Å². The topological polar surface area (TPSA) is 85.9 Å². The predicted molar refractivity (Wildman–Crippen MR) is 104 cm³/mol. The zero-order valence-corrected chi connectivity index (χ0v) is 16.0. The normalized spacial score (nSPS) is 16.6. The second-order valence-electron chi connectivity index (χ2n) is 7.42. The van der Waals surface area contributed by atoms with Gasteiger partial charge in [-0.05, 0) is 69.7 Å². The first-order valence-corrected chi connectivity index (χ1v) is 9.39. The first kappa shape index (κ1) is 19.4. The van der Waals surface area contributed by atoms with Crippen LogP contribution in [0.5, 0.6) is 11.5 Å². The highest BCUT2D eigenvalue weighted by Crippen LogP contribution is 2.26. The van der Waals surface area contributed by atoms with Crippen molar-refractivity contribution in [2.24, 2.45) is 5.92 Å². The Hall–Kier alpha value is -2.38. The minimum Gasteiger partial charge on any atom is -0.504 e. The molecule has 0 radical (unpaired) electrons. The lowest BCUT2D eigenvalue weighted by Gasteiger charge is -2.32. The molecule has 0 atom stereocenters. The number of phenols is 2. The van der Waals surface area contributed by atoms with Crippen molar-refractivity contribution in [3.8, 4) is 11.5 Å². The maximum Gasteiger partial charge on any atom is 0.250 e. The first-order chi connectivity index (χ1) is 13.0. The number of hydrogen-bond acceptors (Lipinski definition) is 7. The summed E-state index contributed by atoms with van der Waals surface area (Å²) in [6.07, 6.45) is 6.66. The summed E-state index contributed by atoms with van der Waals surface area (Å²) >= 11 is 0. The van der Waals surface area contributed by atoms with Gasteiger partial charge in [-0.15, -0.1) is 0 Å². The Morgan fingerprint density at radius 1 is 1.19 bits per heavy atom. The number of hydrogen-bond donors (Lipinski definition) is 2. The van der Waals surface area contributed by atoms with E-state index in [4.69, 9.17) is 4.52 Å². The Morgan fingerprint density at radius 2 is 1.96 bits per heavy atom. The minimum absolute atomic E-state index is 0.139. The number of phenolic OH excluding ortho intramolecular Hbond substituents is 2. The van der Waals surface area contributed by atoms with Crippen molar-refractivity contribution in [2.75, 3.05) is 40.3 Å². The molecule has 7 heteroatoms. The molecule has 27 heavy (non-hydrogen) atoms. The van der Waals surface area contributed by atoms with Gasteiger partial charge in [-0.2, -0.15) is 4.98 Å². The van der Waals surface area contributed by atoms with E-state index in [9.17, 15) is 10.2 Å². The molecule has 0 amide bonds. The van der Waals surface area contributed by atoms with Gasteiger partial charge < -0.3 is 24.5 Å². The van der Waals surface area contributed by atoms with Crippen molar-refractivity contribution in [1.82, 2.24) is 19.9 Å². The number of likely N-dealkylation sites (N-methyl/N-ethyl adjacent to an activating group) is 1. The Morgan fingerprint density at radius 3 is 2.67 bits per heavy atom. The molecule has 2 aromatic rings. The van der Waals surface area contributed by atoms with Crippen LogP contribution in [0.4, 0.5) is 0 Å². The Balaban J connectivity index is 1.48. The highest BCUT2D eigenvalue weighted by atomic mass is 16.5. The Kier molecular flexibility index (Phi) is 6.47. The summed E-state index contributed by atoms with van der Waals surface area (Å²) in [5.74, 6) is 1.50. The third kappa shape index (κ3) is 5.80. The summed E-state index contributed by atoms with van der Waals surface area (Å²) in [6, 6.07) is 4.62. The van der Waals surface area contributed by atoms with Crippen molar-refractivity contribution in [3.63, 3.8) is 0 Å². The average Bonchev–Trinajstić information content (AvgIpc) is 3.09. The highest BCUT2D eigenvalue weighted by molar-refractivity contribution is 5.67. The molecule has 1 aromatic heterocycles. The number of piperidine rings is 1. The van der Waals surface area contributed by atoms with E-state index in [-0.39, 0.29) is 11.5 Å². The fourth-order valence-electron chi connectivity index (χ4n) is 3.24. The maximum absolute atomic E-state index is 9.52. The molecule has 0 bridgehead atoms. The molecule has 146 valence electrons. The second kappa shape index (κ2) is 9.01. The van der Waals surface area contributed by atoms with E-state index in [2.05, 4.69) is 34.0 Å². The molecule has 1 aliphatic rings. The summed E-state index contributed by atoms with van der Waals surface area (Å²) in [6.45, 7) is 4.49. The number of nitrogens with zero attached hydrogens (tertiary/aromatic N) is 4. The molecule has 1 aromatic carbocycles. The van der Waals surface area contributed by atoms with Crippen molar-refractivity contribution >= 4 is 12.2 Å². The van der Waals surface area contributed by atoms with Crippen molar-refractivity contribution in [3.05, 3.63) is 35.5 Å². The van der Waals surface area contributed by atoms with Gasteiger partial charge in [0.1, 0.15) is 0 Å². The van der Waals surface area contributed by atoms with Crippen LogP contribution < -0.4 is 0 Å². The fourth-order valence-corrected chi connectivity index (χ4v) is 3.24. The van der Waals surface area contributed by atoms with E-state index in [1.807, 2.05) is 0 Å². The van der Waals surface area contributed by atoms with E-state index < -0.39 is 0 Å². The average molecular weight is 372 g/mol. The molecule has 3 rings (SSSR count). The lowest BCUT2D eigenvalue weighted by Crippen LogP contribution is -2.38. The summed E-state index contributed by atoms with van der Waals surface area (Å²) in [7, 11) is 4.22. The van der Waals surface area contributed by atoms with Crippen LogP contribution in [0.3, 0.4) is 0 Å². The molecule has 1 aliphatic heterocycles. The monoisotopic (exact) mass is 372 g/mol. The molecule has 1 saturated heterocycles. The molecule has 7 nitrogen and oxygen atoms in total. The lowest BCUT2D eigenvalue weighted by molar-refractivity contribution is 0.169. The first-order valence-electron chi connectivity index (χ1n) is 9.39. The molecule has 2 heterocycles. The van der Waals surface area contributed by atoms with Crippen LogP contribution in [0.1, 0.15) is 30.1 Å². The van der Waals surface area contributed by atoms with Crippen molar-refractivity contribution in [1.29, 1.82) is 0 Å².